The van der Waals surface area contributed by atoms with Gasteiger partial charge in [-0.2, -0.15) is 18.3 Å². The lowest BCUT2D eigenvalue weighted by Crippen LogP contribution is -2.20. The van der Waals surface area contributed by atoms with Gasteiger partial charge in [0.1, 0.15) is 24.4 Å². The number of halogens is 3. The van der Waals surface area contributed by atoms with Gasteiger partial charge in [0.2, 0.25) is 5.88 Å². The Labute approximate surface area is 215 Å². The Balaban J connectivity index is 1.37. The number of hydrogen-bond acceptors (Lipinski definition) is 7. The standard InChI is InChI=1S/C25H23F3N6O4/c1-34-14-16(13-31-34)21-12-23(30-15-29-21)38-19-6-3-17(4-7-19)32-24(35)33-18-5-8-22(37-10-9-36-2)20(11-18)25(26,27)28/h3-8,11-15H,9-10H2,1-2H3,(H2,32,33,35). The molecular weight excluding hydrogens is 505 g/mol. The van der Waals surface area contributed by atoms with Crippen molar-refractivity contribution in [2.24, 2.45) is 7.05 Å². The molecule has 4 aromatic rings. The minimum atomic E-state index is -4.67. The lowest BCUT2D eigenvalue weighted by molar-refractivity contribution is -0.139. The van der Waals surface area contributed by atoms with Gasteiger partial charge in [-0.15, -0.1) is 0 Å². The van der Waals surface area contributed by atoms with E-state index in [-0.39, 0.29) is 24.7 Å². The molecule has 2 N–H and O–H groups in total. The lowest BCUT2D eigenvalue weighted by Gasteiger charge is -2.16. The number of benzene rings is 2. The van der Waals surface area contributed by atoms with E-state index in [1.165, 1.54) is 19.5 Å². The van der Waals surface area contributed by atoms with Crippen LogP contribution in [0.1, 0.15) is 5.56 Å². The Morgan fingerprint density at radius 1 is 1.00 bits per heavy atom. The topological polar surface area (TPSA) is 112 Å². The van der Waals surface area contributed by atoms with E-state index in [4.69, 9.17) is 14.2 Å². The van der Waals surface area contributed by atoms with Crippen LogP contribution in [0.25, 0.3) is 11.3 Å². The van der Waals surface area contributed by atoms with Gasteiger partial charge in [-0.25, -0.2) is 14.8 Å². The molecule has 2 heterocycles. The second-order valence-corrected chi connectivity index (χ2v) is 7.90. The number of alkyl halides is 3. The van der Waals surface area contributed by atoms with E-state index in [2.05, 4.69) is 25.7 Å². The summed E-state index contributed by atoms with van der Waals surface area (Å²) in [4.78, 5) is 20.7. The summed E-state index contributed by atoms with van der Waals surface area (Å²) < 4.78 is 57.7. The number of methoxy groups -OCH3 is 1. The van der Waals surface area contributed by atoms with Crippen LogP contribution in [-0.2, 0) is 18.0 Å². The molecule has 0 bridgehead atoms. The third kappa shape index (κ3) is 6.97. The fourth-order valence-electron chi connectivity index (χ4n) is 3.32. The molecule has 0 unspecified atom stereocenters. The van der Waals surface area contributed by atoms with Crippen LogP contribution in [0.5, 0.6) is 17.4 Å². The number of urea groups is 1. The van der Waals surface area contributed by atoms with Gasteiger partial charge < -0.3 is 24.8 Å². The molecule has 0 aliphatic carbocycles. The van der Waals surface area contributed by atoms with Gasteiger partial charge in [0.25, 0.3) is 0 Å². The molecule has 0 aliphatic heterocycles. The zero-order valence-corrected chi connectivity index (χ0v) is 20.3. The van der Waals surface area contributed by atoms with Gasteiger partial charge in [-0.1, -0.05) is 0 Å². The summed E-state index contributed by atoms with van der Waals surface area (Å²) in [6.07, 6.45) is 0.189. The largest absolute Gasteiger partial charge is 0.491 e. The molecule has 0 saturated carbocycles. The minimum absolute atomic E-state index is 0.0462. The molecule has 0 aliphatic rings. The second kappa shape index (κ2) is 11.6. The normalized spacial score (nSPS) is 11.2. The fourth-order valence-corrected chi connectivity index (χ4v) is 3.32. The Morgan fingerprint density at radius 3 is 2.42 bits per heavy atom. The first kappa shape index (κ1) is 26.4. The number of aromatic nitrogens is 4. The van der Waals surface area contributed by atoms with Crippen LogP contribution in [0.4, 0.5) is 29.3 Å². The highest BCUT2D eigenvalue weighted by Crippen LogP contribution is 2.38. The first-order valence-electron chi connectivity index (χ1n) is 11.2. The number of hydrogen-bond donors (Lipinski definition) is 2. The summed E-state index contributed by atoms with van der Waals surface area (Å²) in [5.74, 6) is 0.408. The van der Waals surface area contributed by atoms with E-state index in [1.54, 1.807) is 48.3 Å². The monoisotopic (exact) mass is 528 g/mol. The molecule has 10 nitrogen and oxygen atoms in total. The first-order valence-corrected chi connectivity index (χ1v) is 11.2. The van der Waals surface area contributed by atoms with E-state index in [9.17, 15) is 18.0 Å². The molecule has 0 radical (unpaired) electrons. The molecule has 38 heavy (non-hydrogen) atoms. The van der Waals surface area contributed by atoms with Gasteiger partial charge in [0.05, 0.1) is 24.1 Å². The highest BCUT2D eigenvalue weighted by molar-refractivity contribution is 5.99. The van der Waals surface area contributed by atoms with Gasteiger partial charge >= 0.3 is 12.2 Å². The van der Waals surface area contributed by atoms with Crippen molar-refractivity contribution >= 4 is 17.4 Å². The van der Waals surface area contributed by atoms with Crippen molar-refractivity contribution in [1.82, 2.24) is 19.7 Å². The maximum absolute atomic E-state index is 13.5. The predicted molar refractivity (Wildman–Crippen MR) is 132 cm³/mol. The number of rotatable bonds is 9. The molecule has 4 rings (SSSR count). The number of nitrogens with zero attached hydrogens (tertiary/aromatic N) is 4. The fraction of sp³-hybridized carbons (Fsp3) is 0.200. The van der Waals surface area contributed by atoms with Crippen LogP contribution in [0.3, 0.4) is 0 Å². The van der Waals surface area contributed by atoms with Crippen molar-refractivity contribution in [3.8, 4) is 28.6 Å². The molecule has 0 atom stereocenters. The van der Waals surface area contributed by atoms with Crippen molar-refractivity contribution in [3.63, 3.8) is 0 Å². The highest BCUT2D eigenvalue weighted by Gasteiger charge is 2.35. The van der Waals surface area contributed by atoms with E-state index in [0.717, 1.165) is 17.7 Å². The number of aryl methyl sites for hydroxylation is 1. The second-order valence-electron chi connectivity index (χ2n) is 7.90. The molecule has 0 fully saturated rings. The van der Waals surface area contributed by atoms with Crippen molar-refractivity contribution in [3.05, 3.63) is 72.8 Å². The molecule has 198 valence electrons. The van der Waals surface area contributed by atoms with Crippen molar-refractivity contribution in [2.75, 3.05) is 31.0 Å². The Bertz CT molecular complexity index is 1390. The molecule has 0 spiro atoms. The maximum Gasteiger partial charge on any atom is 0.420 e. The first-order chi connectivity index (χ1) is 18.2. The van der Waals surface area contributed by atoms with E-state index in [0.29, 0.717) is 23.0 Å². The zero-order chi connectivity index (χ0) is 27.1. The zero-order valence-electron chi connectivity index (χ0n) is 20.3. The van der Waals surface area contributed by atoms with Gasteiger partial charge in [-0.05, 0) is 42.5 Å². The summed E-state index contributed by atoms with van der Waals surface area (Å²) in [6, 6.07) is 10.6. The van der Waals surface area contributed by atoms with Crippen LogP contribution in [-0.4, -0.2) is 46.1 Å². The predicted octanol–water partition coefficient (Wildman–Crippen LogP) is 5.36. The summed E-state index contributed by atoms with van der Waals surface area (Å²) in [5, 5.41) is 9.06. The minimum Gasteiger partial charge on any atom is -0.491 e. The van der Waals surface area contributed by atoms with Crippen molar-refractivity contribution < 1.29 is 32.2 Å². The van der Waals surface area contributed by atoms with Gasteiger partial charge in [-0.3, -0.25) is 4.68 Å². The maximum atomic E-state index is 13.5. The number of ether oxygens (including phenoxy) is 3. The summed E-state index contributed by atoms with van der Waals surface area (Å²) >= 11 is 0. The van der Waals surface area contributed by atoms with Crippen LogP contribution in [0.2, 0.25) is 0 Å². The van der Waals surface area contributed by atoms with Gasteiger partial charge in [0.15, 0.2) is 0 Å². The van der Waals surface area contributed by atoms with E-state index in [1.807, 2.05) is 6.20 Å². The van der Waals surface area contributed by atoms with Crippen LogP contribution < -0.4 is 20.1 Å². The quantitative estimate of drug-likeness (QED) is 0.281. The number of carbonyl (C=O) groups excluding carboxylic acids is 1. The number of nitrogens with one attached hydrogen (secondary N) is 2. The van der Waals surface area contributed by atoms with Crippen LogP contribution in [0.15, 0.2) is 67.3 Å². The average Bonchev–Trinajstić information content (AvgIpc) is 3.32. The van der Waals surface area contributed by atoms with E-state index >= 15 is 0 Å². The average molecular weight is 528 g/mol. The van der Waals surface area contributed by atoms with Crippen molar-refractivity contribution in [2.45, 2.75) is 6.18 Å². The Kier molecular flexibility index (Phi) is 8.06. The lowest BCUT2D eigenvalue weighted by atomic mass is 10.1. The molecular formula is C25H23F3N6O4. The number of carbonyl (C=O) groups is 1. The molecule has 13 heteroatoms. The molecule has 0 saturated heterocycles. The van der Waals surface area contributed by atoms with Crippen molar-refractivity contribution in [1.29, 1.82) is 0 Å². The van der Waals surface area contributed by atoms with Gasteiger partial charge in [0, 0.05) is 43.4 Å². The Morgan fingerprint density at radius 2 is 1.74 bits per heavy atom. The summed E-state index contributed by atoms with van der Waals surface area (Å²) in [5.41, 5.74) is 0.776. The summed E-state index contributed by atoms with van der Waals surface area (Å²) in [7, 11) is 3.21. The van der Waals surface area contributed by atoms with Crippen LogP contribution >= 0.6 is 0 Å². The van der Waals surface area contributed by atoms with Crippen LogP contribution in [0, 0.1) is 0 Å². The molecule has 2 aromatic carbocycles. The number of anilines is 2. The SMILES string of the molecule is COCCOc1ccc(NC(=O)Nc2ccc(Oc3cc(-c4cnn(C)c4)ncn3)cc2)cc1C(F)(F)F. The summed E-state index contributed by atoms with van der Waals surface area (Å²) in [6.45, 7) is 0.0878. The molecule has 2 amide bonds. The third-order valence-corrected chi connectivity index (χ3v) is 5.07. The molecule has 2 aromatic heterocycles. The number of amides is 2. The smallest absolute Gasteiger partial charge is 0.420 e. The third-order valence-electron chi connectivity index (χ3n) is 5.07. The highest BCUT2D eigenvalue weighted by atomic mass is 19.4. The Hall–Kier alpha value is -4.65. The van der Waals surface area contributed by atoms with E-state index < -0.39 is 17.8 Å².